The summed E-state index contributed by atoms with van der Waals surface area (Å²) in [6.07, 6.45) is 3.34. The van der Waals surface area contributed by atoms with Crippen LogP contribution in [-0.2, 0) is 0 Å². The number of aromatic nitrogens is 5. The first-order valence-corrected chi connectivity index (χ1v) is 9.22. The summed E-state index contributed by atoms with van der Waals surface area (Å²) in [6, 6.07) is 9.54. The summed E-state index contributed by atoms with van der Waals surface area (Å²) < 4.78 is 7.03. The van der Waals surface area contributed by atoms with E-state index in [4.69, 9.17) is 4.52 Å². The Morgan fingerprint density at radius 3 is 2.81 bits per heavy atom. The lowest BCUT2D eigenvalue weighted by molar-refractivity contribution is 0.0686. The predicted octanol–water partition coefficient (Wildman–Crippen LogP) is 2.79. The normalized spacial score (nSPS) is 17.4. The van der Waals surface area contributed by atoms with Gasteiger partial charge in [0.25, 0.3) is 5.91 Å². The van der Waals surface area contributed by atoms with Crippen LogP contribution in [0.2, 0.25) is 0 Å². The molecule has 3 heterocycles. The minimum absolute atomic E-state index is 0.0590. The molecule has 1 saturated heterocycles. The van der Waals surface area contributed by atoms with Crippen LogP contribution in [0, 0.1) is 0 Å². The van der Waals surface area contributed by atoms with Crippen molar-refractivity contribution >= 4 is 5.91 Å². The average molecular weight is 366 g/mol. The zero-order valence-electron chi connectivity index (χ0n) is 15.4. The third-order valence-corrected chi connectivity index (χ3v) is 4.80. The van der Waals surface area contributed by atoms with Gasteiger partial charge in [0.2, 0.25) is 5.89 Å². The second kappa shape index (κ2) is 7.30. The third kappa shape index (κ3) is 3.47. The number of hydrogen-bond acceptors (Lipinski definition) is 6. The Kier molecular flexibility index (Phi) is 4.70. The topological polar surface area (TPSA) is 89.9 Å². The average Bonchev–Trinajstić information content (AvgIpc) is 3.38. The summed E-state index contributed by atoms with van der Waals surface area (Å²) in [5, 5.41) is 12.1. The van der Waals surface area contributed by atoms with Gasteiger partial charge in [-0.1, -0.05) is 42.4 Å². The molecule has 1 aliphatic rings. The highest BCUT2D eigenvalue weighted by Crippen LogP contribution is 2.27. The Morgan fingerprint density at radius 2 is 2.07 bits per heavy atom. The van der Waals surface area contributed by atoms with Gasteiger partial charge >= 0.3 is 0 Å². The maximum atomic E-state index is 13.1. The summed E-state index contributed by atoms with van der Waals surface area (Å²) in [4.78, 5) is 19.4. The molecule has 1 aliphatic heterocycles. The Hall–Kier alpha value is -3.03. The zero-order valence-corrected chi connectivity index (χ0v) is 15.4. The van der Waals surface area contributed by atoms with Crippen LogP contribution in [0.15, 0.2) is 41.1 Å². The summed E-state index contributed by atoms with van der Waals surface area (Å²) in [5.74, 6) is 1.52. The molecule has 0 radical (unpaired) electrons. The van der Waals surface area contributed by atoms with Crippen molar-refractivity contribution in [3.8, 4) is 5.69 Å². The van der Waals surface area contributed by atoms with Crippen molar-refractivity contribution in [3.05, 3.63) is 53.9 Å². The van der Waals surface area contributed by atoms with Gasteiger partial charge in [-0.2, -0.15) is 4.98 Å². The van der Waals surface area contributed by atoms with Crippen LogP contribution in [0.4, 0.5) is 0 Å². The number of hydrogen-bond donors (Lipinski definition) is 0. The first-order chi connectivity index (χ1) is 13.1. The minimum Gasteiger partial charge on any atom is -0.339 e. The molecule has 2 aromatic heterocycles. The maximum Gasteiger partial charge on any atom is 0.274 e. The van der Waals surface area contributed by atoms with E-state index in [1.807, 2.05) is 49.1 Å². The van der Waals surface area contributed by atoms with E-state index in [-0.39, 0.29) is 17.7 Å². The number of benzene rings is 1. The number of carbonyl (C=O) groups excluding carboxylic acids is 1. The number of para-hydroxylation sites is 1. The third-order valence-electron chi connectivity index (χ3n) is 4.80. The number of carbonyl (C=O) groups is 1. The van der Waals surface area contributed by atoms with Crippen molar-refractivity contribution in [2.45, 2.75) is 38.5 Å². The van der Waals surface area contributed by atoms with Crippen LogP contribution in [-0.4, -0.2) is 49.0 Å². The van der Waals surface area contributed by atoms with Crippen molar-refractivity contribution in [1.82, 2.24) is 30.0 Å². The lowest BCUT2D eigenvalue weighted by Crippen LogP contribution is -2.40. The molecule has 0 unspecified atom stereocenters. The van der Waals surface area contributed by atoms with Gasteiger partial charge < -0.3 is 9.42 Å². The largest absolute Gasteiger partial charge is 0.339 e. The van der Waals surface area contributed by atoms with Crippen LogP contribution in [0.5, 0.6) is 0 Å². The number of likely N-dealkylation sites (tertiary alicyclic amines) is 1. The van der Waals surface area contributed by atoms with Gasteiger partial charge in [0.15, 0.2) is 11.5 Å². The first kappa shape index (κ1) is 17.4. The molecule has 1 aromatic carbocycles. The molecule has 0 saturated carbocycles. The molecule has 27 heavy (non-hydrogen) atoms. The van der Waals surface area contributed by atoms with E-state index in [9.17, 15) is 4.79 Å². The molecule has 8 nitrogen and oxygen atoms in total. The van der Waals surface area contributed by atoms with Crippen molar-refractivity contribution in [3.63, 3.8) is 0 Å². The summed E-state index contributed by atoms with van der Waals surface area (Å²) in [6.45, 7) is 5.31. The van der Waals surface area contributed by atoms with Gasteiger partial charge in [-0.25, -0.2) is 4.68 Å². The molecule has 0 spiro atoms. The Balaban J connectivity index is 1.54. The molecule has 4 rings (SSSR count). The van der Waals surface area contributed by atoms with Crippen LogP contribution in [0.1, 0.15) is 60.7 Å². The van der Waals surface area contributed by atoms with E-state index >= 15 is 0 Å². The quantitative estimate of drug-likeness (QED) is 0.705. The lowest BCUT2D eigenvalue weighted by atomic mass is 9.97. The highest BCUT2D eigenvalue weighted by molar-refractivity contribution is 5.93. The van der Waals surface area contributed by atoms with Gasteiger partial charge in [-0.3, -0.25) is 4.79 Å². The van der Waals surface area contributed by atoms with E-state index in [2.05, 4.69) is 20.5 Å². The molecule has 1 fully saturated rings. The molecule has 1 amide bonds. The van der Waals surface area contributed by atoms with Crippen molar-refractivity contribution in [2.24, 2.45) is 0 Å². The molecule has 140 valence electrons. The van der Waals surface area contributed by atoms with E-state index in [0.717, 1.165) is 18.5 Å². The molecule has 0 aliphatic carbocycles. The fraction of sp³-hybridized carbons (Fsp3) is 0.421. The van der Waals surface area contributed by atoms with Crippen LogP contribution in [0.3, 0.4) is 0 Å². The minimum atomic E-state index is -0.0860. The Bertz CT molecular complexity index is 917. The van der Waals surface area contributed by atoms with Gasteiger partial charge in [-0.05, 0) is 25.0 Å². The standard InChI is InChI=1S/C19H22N6O2/c1-13(2)17-21-18(27-22-17)14-7-6-10-24(12-14)19(26)16-11-20-23-25(16)15-8-4-3-5-9-15/h3-5,8-9,11,13-14H,6-7,10,12H2,1-2H3/t14-/m0/s1. The van der Waals surface area contributed by atoms with Crippen molar-refractivity contribution in [1.29, 1.82) is 0 Å². The molecular formula is C19H22N6O2. The van der Waals surface area contributed by atoms with E-state index in [1.165, 1.54) is 6.20 Å². The highest BCUT2D eigenvalue weighted by atomic mass is 16.5. The van der Waals surface area contributed by atoms with Crippen molar-refractivity contribution in [2.75, 3.05) is 13.1 Å². The number of nitrogens with zero attached hydrogens (tertiary/aromatic N) is 6. The fourth-order valence-corrected chi connectivity index (χ4v) is 3.31. The van der Waals surface area contributed by atoms with E-state index < -0.39 is 0 Å². The monoisotopic (exact) mass is 366 g/mol. The van der Waals surface area contributed by atoms with Crippen LogP contribution >= 0.6 is 0 Å². The van der Waals surface area contributed by atoms with Gasteiger partial charge in [0.05, 0.1) is 17.8 Å². The second-order valence-electron chi connectivity index (χ2n) is 7.10. The van der Waals surface area contributed by atoms with Crippen molar-refractivity contribution < 1.29 is 9.32 Å². The fourth-order valence-electron chi connectivity index (χ4n) is 3.31. The maximum absolute atomic E-state index is 13.1. The number of piperidine rings is 1. The first-order valence-electron chi connectivity index (χ1n) is 9.22. The second-order valence-corrected chi connectivity index (χ2v) is 7.10. The van der Waals surface area contributed by atoms with E-state index in [1.54, 1.807) is 4.68 Å². The summed E-state index contributed by atoms with van der Waals surface area (Å²) in [5.41, 5.74) is 1.26. The molecule has 1 atom stereocenters. The van der Waals surface area contributed by atoms with Gasteiger partial charge in [-0.15, -0.1) is 5.10 Å². The smallest absolute Gasteiger partial charge is 0.274 e. The Labute approximate surface area is 157 Å². The van der Waals surface area contributed by atoms with Gasteiger partial charge in [0.1, 0.15) is 0 Å². The molecular weight excluding hydrogens is 344 g/mol. The molecule has 0 bridgehead atoms. The molecule has 8 heteroatoms. The SMILES string of the molecule is CC(C)c1noc([C@H]2CCCN(C(=O)c3cnnn3-c3ccccc3)C2)n1. The Morgan fingerprint density at radius 1 is 1.26 bits per heavy atom. The summed E-state index contributed by atoms with van der Waals surface area (Å²) >= 11 is 0. The lowest BCUT2D eigenvalue weighted by Gasteiger charge is -2.30. The van der Waals surface area contributed by atoms with E-state index in [0.29, 0.717) is 30.5 Å². The predicted molar refractivity (Wildman–Crippen MR) is 97.6 cm³/mol. The number of rotatable bonds is 4. The molecule has 0 N–H and O–H groups in total. The number of amides is 1. The molecule has 3 aromatic rings. The van der Waals surface area contributed by atoms with Crippen LogP contribution < -0.4 is 0 Å². The highest BCUT2D eigenvalue weighted by Gasteiger charge is 2.31. The van der Waals surface area contributed by atoms with Gasteiger partial charge in [0, 0.05) is 19.0 Å². The summed E-state index contributed by atoms with van der Waals surface area (Å²) in [7, 11) is 0. The van der Waals surface area contributed by atoms with Crippen LogP contribution in [0.25, 0.3) is 5.69 Å². The zero-order chi connectivity index (χ0) is 18.8.